The molecule has 0 radical (unpaired) electrons. The molecule has 1 aliphatic rings. The summed E-state index contributed by atoms with van der Waals surface area (Å²) in [5.41, 5.74) is 1.41. The van der Waals surface area contributed by atoms with Gasteiger partial charge in [-0.3, -0.25) is 0 Å². The Morgan fingerprint density at radius 3 is 2.86 bits per heavy atom. The Balaban J connectivity index is 1.93. The molecule has 0 spiro atoms. The van der Waals surface area contributed by atoms with Crippen molar-refractivity contribution in [1.29, 1.82) is 0 Å². The van der Waals surface area contributed by atoms with E-state index >= 15 is 0 Å². The van der Waals surface area contributed by atoms with E-state index in [1.165, 1.54) is 18.4 Å². The molecule has 0 atom stereocenters. The lowest BCUT2D eigenvalue weighted by atomic mass is 9.71. The Morgan fingerprint density at radius 1 is 1.43 bits per heavy atom. The number of halogens is 1. The van der Waals surface area contributed by atoms with Gasteiger partial charge in [0.25, 0.3) is 0 Å². The van der Waals surface area contributed by atoms with E-state index in [1.807, 2.05) is 19.2 Å². The van der Waals surface area contributed by atoms with E-state index in [0.29, 0.717) is 0 Å². The Morgan fingerprint density at radius 2 is 2.21 bits per heavy atom. The van der Waals surface area contributed by atoms with Gasteiger partial charge >= 0.3 is 0 Å². The molecule has 1 aliphatic carbocycles. The van der Waals surface area contributed by atoms with Gasteiger partial charge < -0.3 is 5.32 Å². The normalized spacial score (nSPS) is 25.9. The van der Waals surface area contributed by atoms with Gasteiger partial charge in [0, 0.05) is 5.02 Å². The summed E-state index contributed by atoms with van der Waals surface area (Å²) < 4.78 is 0. The van der Waals surface area contributed by atoms with Crippen LogP contribution in [0.1, 0.15) is 24.3 Å². The van der Waals surface area contributed by atoms with Crippen molar-refractivity contribution in [1.82, 2.24) is 5.32 Å². The highest BCUT2D eigenvalue weighted by atomic mass is 35.5. The molecule has 14 heavy (non-hydrogen) atoms. The zero-order valence-corrected chi connectivity index (χ0v) is 9.22. The summed E-state index contributed by atoms with van der Waals surface area (Å²) in [7, 11) is 2.02. The van der Waals surface area contributed by atoms with Gasteiger partial charge in [-0.25, -0.2) is 0 Å². The van der Waals surface area contributed by atoms with Crippen molar-refractivity contribution < 1.29 is 0 Å². The lowest BCUT2D eigenvalue weighted by Crippen LogP contribution is -2.30. The first-order valence-corrected chi connectivity index (χ1v) is 5.57. The number of nitrogens with one attached hydrogen (secondary N) is 1. The van der Waals surface area contributed by atoms with E-state index in [-0.39, 0.29) is 0 Å². The first-order valence-electron chi connectivity index (χ1n) is 5.19. The van der Waals surface area contributed by atoms with Gasteiger partial charge in [0.2, 0.25) is 0 Å². The summed E-state index contributed by atoms with van der Waals surface area (Å²) in [6.45, 7) is 1.15. The molecular weight excluding hydrogens is 194 g/mol. The molecular formula is C12H16ClN. The van der Waals surface area contributed by atoms with Crippen LogP contribution < -0.4 is 5.32 Å². The van der Waals surface area contributed by atoms with Gasteiger partial charge in [0.1, 0.15) is 0 Å². The molecule has 0 bridgehead atoms. The number of benzene rings is 1. The average molecular weight is 210 g/mol. The number of rotatable bonds is 3. The molecule has 76 valence electrons. The van der Waals surface area contributed by atoms with Crippen LogP contribution in [-0.2, 0) is 0 Å². The highest BCUT2D eigenvalue weighted by Crippen LogP contribution is 2.41. The van der Waals surface area contributed by atoms with Crippen LogP contribution >= 0.6 is 11.6 Å². The van der Waals surface area contributed by atoms with Gasteiger partial charge in [-0.2, -0.15) is 0 Å². The smallest absolute Gasteiger partial charge is 0.0408 e. The van der Waals surface area contributed by atoms with Crippen LogP contribution in [-0.4, -0.2) is 13.6 Å². The zero-order chi connectivity index (χ0) is 9.97. The molecule has 1 aromatic carbocycles. The van der Waals surface area contributed by atoms with Gasteiger partial charge in [-0.15, -0.1) is 0 Å². The number of hydrogen-bond donors (Lipinski definition) is 1. The molecule has 1 saturated carbocycles. The lowest BCUT2D eigenvalue weighted by molar-refractivity contribution is 0.259. The molecule has 0 heterocycles. The second kappa shape index (κ2) is 4.33. The van der Waals surface area contributed by atoms with Gasteiger partial charge in [-0.1, -0.05) is 23.7 Å². The standard InChI is InChI=1S/C12H16ClN/c1-14-8-9-5-11(6-9)10-3-2-4-12(13)7-10/h2-4,7,9,11,14H,5-6,8H2,1H3. The summed E-state index contributed by atoms with van der Waals surface area (Å²) in [5.74, 6) is 1.61. The van der Waals surface area contributed by atoms with Crippen LogP contribution in [0.25, 0.3) is 0 Å². The van der Waals surface area contributed by atoms with E-state index in [9.17, 15) is 0 Å². The van der Waals surface area contributed by atoms with Crippen molar-refractivity contribution in [3.8, 4) is 0 Å². The largest absolute Gasteiger partial charge is 0.319 e. The second-order valence-corrected chi connectivity index (χ2v) is 4.58. The maximum atomic E-state index is 5.96. The maximum Gasteiger partial charge on any atom is 0.0408 e. The fourth-order valence-electron chi connectivity index (χ4n) is 2.22. The van der Waals surface area contributed by atoms with Crippen molar-refractivity contribution in [2.75, 3.05) is 13.6 Å². The fourth-order valence-corrected chi connectivity index (χ4v) is 2.42. The maximum absolute atomic E-state index is 5.96. The molecule has 1 fully saturated rings. The SMILES string of the molecule is CNCC1CC(c2cccc(Cl)c2)C1. The molecule has 0 aromatic heterocycles. The molecule has 1 aromatic rings. The molecule has 2 rings (SSSR count). The van der Waals surface area contributed by atoms with E-state index in [1.54, 1.807) is 0 Å². The van der Waals surface area contributed by atoms with Gasteiger partial charge in [-0.05, 0) is 56.0 Å². The van der Waals surface area contributed by atoms with Crippen molar-refractivity contribution in [2.24, 2.45) is 5.92 Å². The fraction of sp³-hybridized carbons (Fsp3) is 0.500. The van der Waals surface area contributed by atoms with Crippen molar-refractivity contribution in [2.45, 2.75) is 18.8 Å². The Kier molecular flexibility index (Phi) is 3.09. The van der Waals surface area contributed by atoms with E-state index in [2.05, 4.69) is 17.4 Å². The van der Waals surface area contributed by atoms with Crippen molar-refractivity contribution in [3.63, 3.8) is 0 Å². The molecule has 1 nitrogen and oxygen atoms in total. The topological polar surface area (TPSA) is 12.0 Å². The summed E-state index contributed by atoms with van der Waals surface area (Å²) in [6.07, 6.45) is 2.61. The third kappa shape index (κ3) is 2.10. The van der Waals surface area contributed by atoms with Crippen LogP contribution in [0.5, 0.6) is 0 Å². The number of hydrogen-bond acceptors (Lipinski definition) is 1. The lowest BCUT2D eigenvalue weighted by Gasteiger charge is -2.35. The molecule has 0 amide bonds. The van der Waals surface area contributed by atoms with Crippen LogP contribution in [0.3, 0.4) is 0 Å². The van der Waals surface area contributed by atoms with E-state index in [0.717, 1.165) is 23.4 Å². The summed E-state index contributed by atoms with van der Waals surface area (Å²) in [4.78, 5) is 0. The monoisotopic (exact) mass is 209 g/mol. The average Bonchev–Trinajstić information content (AvgIpc) is 2.10. The van der Waals surface area contributed by atoms with Crippen LogP contribution in [0, 0.1) is 5.92 Å². The molecule has 0 saturated heterocycles. The minimum Gasteiger partial charge on any atom is -0.319 e. The van der Waals surface area contributed by atoms with Gasteiger partial charge in [0.05, 0.1) is 0 Å². The Bertz CT molecular complexity index is 305. The summed E-state index contributed by atoms with van der Waals surface area (Å²) in [6, 6.07) is 8.27. The predicted octanol–water partition coefficient (Wildman–Crippen LogP) is 3.05. The van der Waals surface area contributed by atoms with E-state index in [4.69, 9.17) is 11.6 Å². The van der Waals surface area contributed by atoms with Crippen molar-refractivity contribution >= 4 is 11.6 Å². The summed E-state index contributed by atoms with van der Waals surface area (Å²) >= 11 is 5.96. The third-order valence-corrected chi connectivity index (χ3v) is 3.28. The molecule has 0 unspecified atom stereocenters. The third-order valence-electron chi connectivity index (χ3n) is 3.05. The van der Waals surface area contributed by atoms with Crippen molar-refractivity contribution in [3.05, 3.63) is 34.9 Å². The summed E-state index contributed by atoms with van der Waals surface area (Å²) in [5, 5.41) is 4.09. The predicted molar refractivity (Wildman–Crippen MR) is 60.8 cm³/mol. The quantitative estimate of drug-likeness (QED) is 0.807. The van der Waals surface area contributed by atoms with E-state index < -0.39 is 0 Å². The first-order chi connectivity index (χ1) is 6.79. The van der Waals surface area contributed by atoms with Crippen LogP contribution in [0.15, 0.2) is 24.3 Å². The minimum atomic E-state index is 0.743. The minimum absolute atomic E-state index is 0.743. The highest BCUT2D eigenvalue weighted by Gasteiger charge is 2.29. The Labute approximate surface area is 90.5 Å². The van der Waals surface area contributed by atoms with Gasteiger partial charge in [0.15, 0.2) is 0 Å². The first kappa shape index (κ1) is 10.0. The molecule has 1 N–H and O–H groups in total. The Hall–Kier alpha value is -0.530. The second-order valence-electron chi connectivity index (χ2n) is 4.15. The zero-order valence-electron chi connectivity index (χ0n) is 8.46. The van der Waals surface area contributed by atoms with Crippen LogP contribution in [0.4, 0.5) is 0 Å². The highest BCUT2D eigenvalue weighted by molar-refractivity contribution is 6.30. The molecule has 0 aliphatic heterocycles. The molecule has 2 heteroatoms. The van der Waals surface area contributed by atoms with Crippen LogP contribution in [0.2, 0.25) is 5.02 Å².